The summed E-state index contributed by atoms with van der Waals surface area (Å²) in [4.78, 5) is 36.0. The highest BCUT2D eigenvalue weighted by Gasteiger charge is 2.23. The number of nitrogens with zero attached hydrogens (tertiary/aromatic N) is 4. The van der Waals surface area contributed by atoms with Gasteiger partial charge in [-0.05, 0) is 30.9 Å². The van der Waals surface area contributed by atoms with E-state index in [9.17, 15) is 30.0 Å². The predicted molar refractivity (Wildman–Crippen MR) is 141 cm³/mol. The molecule has 0 aliphatic heterocycles. The SMILES string of the molecule is COCCN(CCOC)c1nc(-c2ccc(C(=O)O)cc2)c(N(CCCO)CCCO)nc1C#CC(=O)O. The number of ether oxygens (including phenoxy) is 2. The van der Waals surface area contributed by atoms with Crippen LogP contribution in [0.5, 0.6) is 0 Å². The number of aromatic nitrogens is 2. The van der Waals surface area contributed by atoms with Crippen LogP contribution in [-0.2, 0) is 14.3 Å². The normalized spacial score (nSPS) is 10.5. The molecule has 0 radical (unpaired) electrons. The van der Waals surface area contributed by atoms with Gasteiger partial charge >= 0.3 is 11.9 Å². The molecule has 0 bridgehead atoms. The third-order valence-corrected chi connectivity index (χ3v) is 5.45. The number of aromatic carboxylic acids is 1. The zero-order valence-corrected chi connectivity index (χ0v) is 21.6. The molecule has 0 unspecified atom stereocenters. The van der Waals surface area contributed by atoms with E-state index in [1.54, 1.807) is 26.4 Å². The Morgan fingerprint density at radius 3 is 1.87 bits per heavy atom. The summed E-state index contributed by atoms with van der Waals surface area (Å²) in [7, 11) is 3.12. The molecule has 0 fully saturated rings. The Hall–Kier alpha value is -3.76. The van der Waals surface area contributed by atoms with E-state index in [2.05, 4.69) is 11.8 Å². The van der Waals surface area contributed by atoms with Gasteiger partial charge in [0.05, 0.1) is 18.8 Å². The molecule has 2 aromatic rings. The molecule has 0 aliphatic rings. The molecule has 0 aliphatic carbocycles. The highest BCUT2D eigenvalue weighted by molar-refractivity contribution is 5.89. The molecule has 1 aromatic carbocycles. The number of hydrogen-bond acceptors (Lipinski definition) is 10. The highest BCUT2D eigenvalue weighted by Crippen LogP contribution is 2.32. The molecule has 0 amide bonds. The van der Waals surface area contributed by atoms with Crippen molar-refractivity contribution in [3.05, 3.63) is 35.5 Å². The summed E-state index contributed by atoms with van der Waals surface area (Å²) in [6, 6.07) is 6.16. The molecule has 12 heteroatoms. The van der Waals surface area contributed by atoms with Crippen LogP contribution in [0.2, 0.25) is 0 Å². The minimum atomic E-state index is -1.33. The van der Waals surface area contributed by atoms with Crippen molar-refractivity contribution in [2.45, 2.75) is 12.8 Å². The van der Waals surface area contributed by atoms with E-state index in [4.69, 9.17) is 19.4 Å². The lowest BCUT2D eigenvalue weighted by Gasteiger charge is -2.29. The number of benzene rings is 1. The molecule has 0 spiro atoms. The van der Waals surface area contributed by atoms with Crippen molar-refractivity contribution in [3.63, 3.8) is 0 Å². The van der Waals surface area contributed by atoms with Gasteiger partial charge < -0.3 is 39.7 Å². The summed E-state index contributed by atoms with van der Waals surface area (Å²) in [5.74, 6) is 3.01. The van der Waals surface area contributed by atoms with Crippen LogP contribution in [-0.4, -0.2) is 109 Å². The maximum Gasteiger partial charge on any atom is 0.382 e. The maximum atomic E-state index is 11.4. The summed E-state index contributed by atoms with van der Waals surface area (Å²) in [5.41, 5.74) is 1.21. The molecule has 1 aromatic heterocycles. The standard InChI is InChI=1S/C26H34N4O8/c1-37-17-13-30(14-18-38-2)24-21(9-10-22(33)34)27-25(29(11-3-15-31)12-4-16-32)23(28-24)19-5-7-20(8-6-19)26(35)36/h5-8,31-32H,3-4,11-18H2,1-2H3,(H,33,34)(H,35,36). The largest absolute Gasteiger partial charge is 0.478 e. The van der Waals surface area contributed by atoms with Gasteiger partial charge in [0.25, 0.3) is 0 Å². The number of carbonyl (C=O) groups is 2. The monoisotopic (exact) mass is 530 g/mol. The van der Waals surface area contributed by atoms with E-state index in [1.165, 1.54) is 12.1 Å². The number of hydrogen-bond donors (Lipinski definition) is 4. The average molecular weight is 531 g/mol. The van der Waals surface area contributed by atoms with E-state index in [0.717, 1.165) is 0 Å². The summed E-state index contributed by atoms with van der Waals surface area (Å²) < 4.78 is 10.5. The Bertz CT molecular complexity index is 1100. The summed E-state index contributed by atoms with van der Waals surface area (Å²) in [6.07, 6.45) is 0.826. The van der Waals surface area contributed by atoms with Crippen LogP contribution in [0.25, 0.3) is 11.3 Å². The van der Waals surface area contributed by atoms with Crippen molar-refractivity contribution in [1.82, 2.24) is 9.97 Å². The summed E-state index contributed by atoms with van der Waals surface area (Å²) >= 11 is 0. The zero-order valence-electron chi connectivity index (χ0n) is 21.6. The Morgan fingerprint density at radius 1 is 0.842 bits per heavy atom. The van der Waals surface area contributed by atoms with Crippen molar-refractivity contribution in [2.75, 3.05) is 76.6 Å². The topological polar surface area (TPSA) is 166 Å². The zero-order chi connectivity index (χ0) is 27.9. The van der Waals surface area contributed by atoms with Gasteiger partial charge in [-0.25, -0.2) is 19.6 Å². The summed E-state index contributed by atoms with van der Waals surface area (Å²) in [5, 5.41) is 37.4. The third kappa shape index (κ3) is 8.97. The number of methoxy groups -OCH3 is 2. The van der Waals surface area contributed by atoms with Gasteiger partial charge in [-0.15, -0.1) is 0 Å². The second-order valence-electron chi connectivity index (χ2n) is 8.12. The molecule has 0 atom stereocenters. The fourth-order valence-electron chi connectivity index (χ4n) is 3.59. The summed E-state index contributed by atoms with van der Waals surface area (Å²) in [6.45, 7) is 2.11. The van der Waals surface area contributed by atoms with Gasteiger partial charge in [-0.1, -0.05) is 12.1 Å². The Balaban J connectivity index is 2.83. The molecule has 0 saturated carbocycles. The molecule has 2 rings (SSSR count). The Kier molecular flexibility index (Phi) is 13.0. The smallest absolute Gasteiger partial charge is 0.382 e. The average Bonchev–Trinajstić information content (AvgIpc) is 2.92. The van der Waals surface area contributed by atoms with Crippen LogP contribution in [0, 0.1) is 11.8 Å². The van der Waals surface area contributed by atoms with Gasteiger partial charge in [0, 0.05) is 65.1 Å². The molecule has 12 nitrogen and oxygen atoms in total. The van der Waals surface area contributed by atoms with Crippen LogP contribution < -0.4 is 9.80 Å². The third-order valence-electron chi connectivity index (χ3n) is 5.45. The van der Waals surface area contributed by atoms with Gasteiger partial charge in [0.2, 0.25) is 0 Å². The van der Waals surface area contributed by atoms with E-state index >= 15 is 0 Å². The van der Waals surface area contributed by atoms with Crippen molar-refractivity contribution in [2.24, 2.45) is 0 Å². The lowest BCUT2D eigenvalue weighted by Crippen LogP contribution is -2.34. The first-order chi connectivity index (χ1) is 18.4. The van der Waals surface area contributed by atoms with Crippen LogP contribution in [0.1, 0.15) is 28.9 Å². The minimum absolute atomic E-state index is 0.0722. The minimum Gasteiger partial charge on any atom is -0.478 e. The molecular weight excluding hydrogens is 496 g/mol. The number of carboxylic acids is 2. The van der Waals surface area contributed by atoms with Crippen molar-refractivity contribution in [1.29, 1.82) is 0 Å². The lowest BCUT2D eigenvalue weighted by molar-refractivity contribution is -0.130. The van der Waals surface area contributed by atoms with Crippen molar-refractivity contribution in [3.8, 4) is 23.1 Å². The first kappa shape index (κ1) is 30.5. The fraction of sp³-hybridized carbons (Fsp3) is 0.462. The van der Waals surface area contributed by atoms with Gasteiger partial charge in [-0.3, -0.25) is 0 Å². The fourth-order valence-corrected chi connectivity index (χ4v) is 3.59. The van der Waals surface area contributed by atoms with Gasteiger partial charge in [-0.2, -0.15) is 0 Å². The number of rotatable bonds is 16. The van der Waals surface area contributed by atoms with E-state index in [-0.39, 0.29) is 24.5 Å². The lowest BCUT2D eigenvalue weighted by atomic mass is 10.1. The van der Waals surface area contributed by atoms with E-state index in [0.29, 0.717) is 75.1 Å². The molecule has 206 valence electrons. The van der Waals surface area contributed by atoms with Crippen LogP contribution in [0.3, 0.4) is 0 Å². The first-order valence-electron chi connectivity index (χ1n) is 12.1. The van der Waals surface area contributed by atoms with E-state index in [1.807, 2.05) is 9.80 Å². The van der Waals surface area contributed by atoms with Crippen molar-refractivity contribution >= 4 is 23.6 Å². The number of carboxylic acid groups (broad SMARTS) is 2. The van der Waals surface area contributed by atoms with Crippen LogP contribution in [0.4, 0.5) is 11.6 Å². The second-order valence-corrected chi connectivity index (χ2v) is 8.12. The number of aliphatic hydroxyl groups is 2. The Morgan fingerprint density at radius 2 is 1.39 bits per heavy atom. The number of aliphatic carboxylic acids is 1. The molecule has 1 heterocycles. The van der Waals surface area contributed by atoms with Gasteiger partial charge in [0.1, 0.15) is 5.69 Å². The molecule has 38 heavy (non-hydrogen) atoms. The maximum absolute atomic E-state index is 11.4. The molecule has 0 saturated heterocycles. The molecule has 4 N–H and O–H groups in total. The highest BCUT2D eigenvalue weighted by atomic mass is 16.5. The predicted octanol–water partition coefficient (Wildman–Crippen LogP) is 0.948. The van der Waals surface area contributed by atoms with E-state index < -0.39 is 11.9 Å². The van der Waals surface area contributed by atoms with Crippen LogP contribution in [0.15, 0.2) is 24.3 Å². The van der Waals surface area contributed by atoms with Crippen LogP contribution >= 0.6 is 0 Å². The molecular formula is C26H34N4O8. The number of aliphatic hydroxyl groups excluding tert-OH is 2. The number of anilines is 2. The first-order valence-corrected chi connectivity index (χ1v) is 12.1. The van der Waals surface area contributed by atoms with Gasteiger partial charge in [0.15, 0.2) is 17.3 Å². The quantitative estimate of drug-likeness (QED) is 0.227. The Labute approximate surface area is 221 Å². The second kappa shape index (κ2) is 16.2. The van der Waals surface area contributed by atoms with Crippen molar-refractivity contribution < 1.29 is 39.5 Å².